The number of hydrazone groups is 1. The summed E-state index contributed by atoms with van der Waals surface area (Å²) in [6, 6.07) is 12.8. The predicted octanol–water partition coefficient (Wildman–Crippen LogP) is 4.29. The first-order chi connectivity index (χ1) is 15.2. The zero-order valence-electron chi connectivity index (χ0n) is 18.0. The number of hydrogen-bond donors (Lipinski definition) is 3. The first kappa shape index (κ1) is 24.5. The summed E-state index contributed by atoms with van der Waals surface area (Å²) >= 11 is 6.14. The van der Waals surface area contributed by atoms with E-state index in [0.717, 1.165) is 16.7 Å². The molecule has 0 bridgehead atoms. The number of aliphatic hydroxyl groups is 1. The van der Waals surface area contributed by atoms with Crippen LogP contribution in [0.4, 0.5) is 0 Å². The molecule has 32 heavy (non-hydrogen) atoms. The van der Waals surface area contributed by atoms with Gasteiger partial charge in [0.05, 0.1) is 6.54 Å². The zero-order valence-corrected chi connectivity index (χ0v) is 18.8. The fourth-order valence-corrected chi connectivity index (χ4v) is 3.37. The average molecular weight is 454 g/mol. The first-order valence-electron chi connectivity index (χ1n) is 9.67. The van der Waals surface area contributed by atoms with Crippen LogP contribution in [0.15, 0.2) is 53.3 Å². The molecule has 0 saturated heterocycles. The van der Waals surface area contributed by atoms with E-state index in [1.54, 1.807) is 39.0 Å². The molecule has 0 atom stereocenters. The number of hydrogen-bond acceptors (Lipinski definition) is 5. The van der Waals surface area contributed by atoms with Gasteiger partial charge in [-0.15, -0.1) is 12.3 Å². The monoisotopic (exact) mass is 453 g/mol. The maximum absolute atomic E-state index is 12.6. The van der Waals surface area contributed by atoms with E-state index in [-0.39, 0.29) is 18.0 Å². The Labute approximate surface area is 192 Å². The minimum atomic E-state index is -1.18. The molecule has 2 aromatic rings. The molecule has 0 radical (unpaired) electrons. The lowest BCUT2D eigenvalue weighted by molar-refractivity contribution is -0.137. The highest BCUT2D eigenvalue weighted by Gasteiger charge is 2.31. The third-order valence-corrected chi connectivity index (χ3v) is 4.53. The molecule has 1 aliphatic heterocycles. The summed E-state index contributed by atoms with van der Waals surface area (Å²) in [6.07, 6.45) is 4.60. The van der Waals surface area contributed by atoms with Crippen molar-refractivity contribution < 1.29 is 19.8 Å². The van der Waals surface area contributed by atoms with Crippen molar-refractivity contribution in [1.29, 1.82) is 0 Å². The Morgan fingerprint density at radius 2 is 1.84 bits per heavy atom. The fraction of sp³-hybridized carbons (Fsp3) is 0.208. The van der Waals surface area contributed by atoms with Crippen molar-refractivity contribution in [3.05, 3.63) is 64.3 Å². The van der Waals surface area contributed by atoms with E-state index < -0.39 is 18.4 Å². The summed E-state index contributed by atoms with van der Waals surface area (Å²) in [4.78, 5) is 23.4. The fourth-order valence-electron chi connectivity index (χ4n) is 3.18. The van der Waals surface area contributed by atoms with E-state index in [9.17, 15) is 14.7 Å². The van der Waals surface area contributed by atoms with Crippen molar-refractivity contribution in [3.8, 4) is 23.5 Å². The van der Waals surface area contributed by atoms with Crippen LogP contribution in [0, 0.1) is 12.3 Å². The summed E-state index contributed by atoms with van der Waals surface area (Å²) in [5.41, 5.74) is 3.58. The number of fused-ring (bicyclic) bond motifs is 1. The van der Waals surface area contributed by atoms with Crippen LogP contribution in [0.2, 0.25) is 5.02 Å². The Hall–Kier alpha value is -3.76. The molecule has 3 N–H and O–H groups in total. The van der Waals surface area contributed by atoms with E-state index in [4.69, 9.17) is 16.7 Å². The third-order valence-electron chi connectivity index (χ3n) is 4.29. The molecule has 7 nitrogen and oxygen atoms in total. The van der Waals surface area contributed by atoms with Crippen LogP contribution >= 0.6 is 11.6 Å². The lowest BCUT2D eigenvalue weighted by Gasteiger charge is -2.30. The number of aliphatic carboxylic acids is 1. The van der Waals surface area contributed by atoms with Crippen molar-refractivity contribution in [2.45, 2.75) is 27.3 Å². The second-order valence-corrected chi connectivity index (χ2v) is 7.45. The second kappa shape index (κ2) is 11.0. The Morgan fingerprint density at radius 3 is 2.44 bits per heavy atom. The Bertz CT molecular complexity index is 1130. The van der Waals surface area contributed by atoms with Crippen LogP contribution in [0.3, 0.4) is 0 Å². The molecule has 1 heterocycles. The first-order valence-corrected chi connectivity index (χ1v) is 10.1. The zero-order chi connectivity index (χ0) is 23.8. The van der Waals surface area contributed by atoms with Crippen LogP contribution in [-0.4, -0.2) is 39.4 Å². The average Bonchev–Trinajstić information content (AvgIpc) is 2.72. The van der Waals surface area contributed by atoms with Gasteiger partial charge in [-0.1, -0.05) is 41.9 Å². The number of amides is 1. The van der Waals surface area contributed by atoms with Gasteiger partial charge in [-0.2, -0.15) is 5.10 Å². The van der Waals surface area contributed by atoms with Gasteiger partial charge in [0, 0.05) is 16.3 Å². The van der Waals surface area contributed by atoms with E-state index in [1.807, 2.05) is 24.3 Å². The summed E-state index contributed by atoms with van der Waals surface area (Å²) in [6.45, 7) is 4.85. The number of carbonyl (C=O) groups is 2. The number of terminal acetylenes is 1. The normalized spacial score (nSPS) is 12.0. The van der Waals surface area contributed by atoms with Crippen LogP contribution in [0.25, 0.3) is 16.9 Å². The largest absolute Gasteiger partial charge is 0.505 e. The minimum absolute atomic E-state index is 0.0943. The van der Waals surface area contributed by atoms with Crippen molar-refractivity contribution >= 4 is 34.9 Å². The number of aliphatic hydroxyl groups excluding tert-OH is 1. The molecule has 0 aromatic heterocycles. The smallest absolute Gasteiger partial charge is 0.322 e. The van der Waals surface area contributed by atoms with E-state index in [2.05, 4.69) is 22.8 Å². The molecule has 0 spiro atoms. The number of carboxylic acid groups (broad SMARTS) is 1. The number of halogens is 1. The maximum atomic E-state index is 12.6. The molecule has 0 saturated carbocycles. The molecule has 2 aromatic carbocycles. The van der Waals surface area contributed by atoms with Crippen LogP contribution in [0.1, 0.15) is 31.9 Å². The number of rotatable bonds is 5. The standard InChI is InChI=1S/C21H20ClN3O4.C3H4/c1-12(2)24-25-11-17-15(13-5-3-6-14(22)9-13)7-4-8-16(17)20(28)19(25)21(29)23-10-18(26)27;1-3-2/h3-9,28H,10-11H2,1-2H3,(H,23,29)(H,26,27);1H,2H3. The molecule has 1 amide bonds. The molecule has 3 rings (SSSR count). The van der Waals surface area contributed by atoms with E-state index >= 15 is 0 Å². The highest BCUT2D eigenvalue weighted by Crippen LogP contribution is 2.37. The molecule has 0 fully saturated rings. The van der Waals surface area contributed by atoms with Gasteiger partial charge in [0.2, 0.25) is 0 Å². The molecule has 166 valence electrons. The van der Waals surface area contributed by atoms with Crippen LogP contribution < -0.4 is 5.32 Å². The summed E-state index contributed by atoms with van der Waals surface area (Å²) in [7, 11) is 0. The lowest BCUT2D eigenvalue weighted by Crippen LogP contribution is -2.38. The number of carboxylic acids is 1. The number of nitrogens with zero attached hydrogens (tertiary/aromatic N) is 2. The van der Waals surface area contributed by atoms with Crippen LogP contribution in [-0.2, 0) is 16.1 Å². The Morgan fingerprint density at radius 1 is 1.22 bits per heavy atom. The molecular formula is C24H24ClN3O4. The van der Waals surface area contributed by atoms with Gasteiger partial charge in [-0.25, -0.2) is 0 Å². The molecule has 8 heteroatoms. The summed E-state index contributed by atoms with van der Waals surface area (Å²) < 4.78 is 0. The lowest BCUT2D eigenvalue weighted by atomic mass is 9.91. The SMILES string of the molecule is C#CC.CC(C)=NN1Cc2c(cccc2-c2cccc(Cl)c2)C(O)=C1C(=O)NCC(=O)O. The quantitative estimate of drug-likeness (QED) is 0.463. The van der Waals surface area contributed by atoms with Crippen molar-refractivity contribution in [1.82, 2.24) is 10.3 Å². The topological polar surface area (TPSA) is 102 Å². The van der Waals surface area contributed by atoms with Gasteiger partial charge in [-0.3, -0.25) is 14.6 Å². The Kier molecular flexibility index (Phi) is 8.45. The van der Waals surface area contributed by atoms with E-state index in [0.29, 0.717) is 16.3 Å². The molecule has 0 aliphatic carbocycles. The number of benzene rings is 2. The maximum Gasteiger partial charge on any atom is 0.322 e. The summed E-state index contributed by atoms with van der Waals surface area (Å²) in [5, 5.41) is 28.4. The second-order valence-electron chi connectivity index (χ2n) is 7.01. The predicted molar refractivity (Wildman–Crippen MR) is 126 cm³/mol. The van der Waals surface area contributed by atoms with E-state index in [1.165, 1.54) is 5.01 Å². The number of nitrogens with one attached hydrogen (secondary N) is 1. The van der Waals surface area contributed by atoms with Crippen molar-refractivity contribution in [2.24, 2.45) is 5.10 Å². The Balaban J connectivity index is 0.00000114. The highest BCUT2D eigenvalue weighted by atomic mass is 35.5. The minimum Gasteiger partial charge on any atom is -0.505 e. The van der Waals surface area contributed by atoms with Gasteiger partial charge < -0.3 is 15.5 Å². The van der Waals surface area contributed by atoms with Gasteiger partial charge in [0.15, 0.2) is 11.5 Å². The van der Waals surface area contributed by atoms with Gasteiger partial charge in [-0.05, 0) is 49.6 Å². The van der Waals surface area contributed by atoms with Gasteiger partial charge in [0.1, 0.15) is 6.54 Å². The molecule has 1 aliphatic rings. The molecule has 0 unspecified atom stereocenters. The highest BCUT2D eigenvalue weighted by molar-refractivity contribution is 6.30. The van der Waals surface area contributed by atoms with Gasteiger partial charge >= 0.3 is 5.97 Å². The van der Waals surface area contributed by atoms with Crippen molar-refractivity contribution in [3.63, 3.8) is 0 Å². The molecular weight excluding hydrogens is 430 g/mol. The van der Waals surface area contributed by atoms with Gasteiger partial charge in [0.25, 0.3) is 5.91 Å². The summed E-state index contributed by atoms with van der Waals surface area (Å²) in [5.74, 6) is 0.0938. The number of carbonyl (C=O) groups excluding carboxylic acids is 1. The van der Waals surface area contributed by atoms with Crippen molar-refractivity contribution in [2.75, 3.05) is 6.54 Å². The van der Waals surface area contributed by atoms with Crippen LogP contribution in [0.5, 0.6) is 0 Å². The third kappa shape index (κ3) is 5.90.